The molecule has 9 heteroatoms. The van der Waals surface area contributed by atoms with Crippen molar-refractivity contribution in [3.8, 4) is 0 Å². The van der Waals surface area contributed by atoms with E-state index >= 15 is 0 Å². The van der Waals surface area contributed by atoms with Gasteiger partial charge in [-0.05, 0) is 91.7 Å². The highest BCUT2D eigenvalue weighted by molar-refractivity contribution is 5.78. The van der Waals surface area contributed by atoms with Crippen LogP contribution in [0.2, 0.25) is 0 Å². The van der Waals surface area contributed by atoms with Crippen LogP contribution in [0.25, 0.3) is 5.57 Å². The van der Waals surface area contributed by atoms with Gasteiger partial charge in [-0.25, -0.2) is 0 Å². The van der Waals surface area contributed by atoms with E-state index in [9.17, 15) is 36.2 Å². The topological polar surface area (TPSA) is 40.5 Å². The van der Waals surface area contributed by atoms with Crippen molar-refractivity contribution in [1.29, 1.82) is 0 Å². The first-order valence-electron chi connectivity index (χ1n) is 13.7. The van der Waals surface area contributed by atoms with Crippen LogP contribution >= 0.6 is 0 Å². The fourth-order valence-corrected chi connectivity index (χ4v) is 5.88. The average molecular weight is 560 g/mol. The first kappa shape index (κ1) is 31.2. The Morgan fingerprint density at radius 1 is 1.00 bits per heavy atom. The number of carboxylic acids is 1. The molecule has 1 aromatic carbocycles. The number of allylic oxidation sites excluding steroid dienone is 2. The highest BCUT2D eigenvalue weighted by Gasteiger charge is 2.48. The summed E-state index contributed by atoms with van der Waals surface area (Å²) in [5.41, 5.74) is 0.891. The Morgan fingerprint density at radius 2 is 1.64 bits per heavy atom. The Labute approximate surface area is 227 Å². The van der Waals surface area contributed by atoms with Crippen LogP contribution in [0.3, 0.4) is 0 Å². The minimum Gasteiger partial charge on any atom is -0.481 e. The Bertz CT molecular complexity index is 1040. The molecule has 0 bridgehead atoms. The number of aliphatic carboxylic acids is 1. The van der Waals surface area contributed by atoms with Gasteiger partial charge in [0, 0.05) is 6.04 Å². The molecule has 1 N–H and O–H groups in total. The molecule has 0 aromatic heterocycles. The number of hydrogen-bond acceptors (Lipinski definition) is 2. The Balaban J connectivity index is 2.06. The van der Waals surface area contributed by atoms with Gasteiger partial charge >= 0.3 is 18.3 Å². The number of hydrogen-bond donors (Lipinski definition) is 1. The van der Waals surface area contributed by atoms with E-state index in [0.717, 1.165) is 12.1 Å². The second-order valence-electron chi connectivity index (χ2n) is 11.8. The van der Waals surface area contributed by atoms with Gasteiger partial charge in [-0.3, -0.25) is 9.69 Å². The van der Waals surface area contributed by atoms with Gasteiger partial charge in [-0.1, -0.05) is 52.0 Å². The van der Waals surface area contributed by atoms with E-state index in [0.29, 0.717) is 48.8 Å². The van der Waals surface area contributed by atoms with Crippen LogP contribution in [-0.4, -0.2) is 40.8 Å². The van der Waals surface area contributed by atoms with Gasteiger partial charge in [0.2, 0.25) is 0 Å². The number of alkyl halides is 6. The molecule has 2 aliphatic rings. The maximum atomic E-state index is 14.1. The summed E-state index contributed by atoms with van der Waals surface area (Å²) >= 11 is 0. The van der Waals surface area contributed by atoms with Gasteiger partial charge in [0.05, 0.1) is 11.5 Å². The Hall–Kier alpha value is -2.29. The molecule has 1 aliphatic carbocycles. The van der Waals surface area contributed by atoms with Crippen LogP contribution in [0.5, 0.6) is 0 Å². The molecular weight excluding hydrogens is 520 g/mol. The molecule has 1 aromatic rings. The highest BCUT2D eigenvalue weighted by Crippen LogP contribution is 2.43. The molecule has 4 atom stereocenters. The molecule has 0 saturated carbocycles. The lowest BCUT2D eigenvalue weighted by molar-refractivity contribution is -0.201. The molecule has 1 fully saturated rings. The lowest BCUT2D eigenvalue weighted by atomic mass is 9.75. The van der Waals surface area contributed by atoms with Crippen LogP contribution in [0.15, 0.2) is 42.0 Å². The van der Waals surface area contributed by atoms with Gasteiger partial charge < -0.3 is 5.11 Å². The minimum absolute atomic E-state index is 0.0219. The van der Waals surface area contributed by atoms with Crippen molar-refractivity contribution in [2.45, 2.75) is 90.7 Å². The van der Waals surface area contributed by atoms with Crippen LogP contribution in [0.1, 0.15) is 77.3 Å². The third-order valence-corrected chi connectivity index (χ3v) is 7.83. The smallest absolute Gasteiger partial charge is 0.416 e. The quantitative estimate of drug-likeness (QED) is 0.308. The third kappa shape index (κ3) is 8.12. The van der Waals surface area contributed by atoms with Gasteiger partial charge in [-0.15, -0.1) is 0 Å². The van der Waals surface area contributed by atoms with Gasteiger partial charge in [-0.2, -0.15) is 26.3 Å². The second-order valence-corrected chi connectivity index (χ2v) is 11.8. The maximum absolute atomic E-state index is 14.1. The number of piperidine rings is 1. The van der Waals surface area contributed by atoms with Crippen molar-refractivity contribution < 1.29 is 36.2 Å². The van der Waals surface area contributed by atoms with Gasteiger partial charge in [0.15, 0.2) is 0 Å². The molecule has 39 heavy (non-hydrogen) atoms. The van der Waals surface area contributed by atoms with Crippen molar-refractivity contribution in [2.24, 2.45) is 23.7 Å². The molecule has 218 valence electrons. The van der Waals surface area contributed by atoms with E-state index in [4.69, 9.17) is 0 Å². The molecule has 0 radical (unpaired) electrons. The zero-order valence-electron chi connectivity index (χ0n) is 22.9. The first-order chi connectivity index (χ1) is 18.1. The van der Waals surface area contributed by atoms with E-state index in [1.807, 2.05) is 33.8 Å². The summed E-state index contributed by atoms with van der Waals surface area (Å²) in [7, 11) is 0. The zero-order valence-corrected chi connectivity index (χ0v) is 22.9. The summed E-state index contributed by atoms with van der Waals surface area (Å²) in [6.45, 7) is 8.02. The number of nitrogens with zero attached hydrogens (tertiary/aromatic N) is 1. The van der Waals surface area contributed by atoms with Crippen LogP contribution in [0.4, 0.5) is 26.3 Å². The summed E-state index contributed by atoms with van der Waals surface area (Å²) < 4.78 is 81.9. The van der Waals surface area contributed by atoms with Crippen molar-refractivity contribution in [3.05, 3.63) is 53.1 Å². The average Bonchev–Trinajstić information content (AvgIpc) is 2.84. The molecule has 1 unspecified atom stereocenters. The normalized spacial score (nSPS) is 24.1. The highest BCUT2D eigenvalue weighted by atomic mass is 19.4. The summed E-state index contributed by atoms with van der Waals surface area (Å²) in [6.07, 6.45) is -3.08. The molecule has 1 heterocycles. The van der Waals surface area contributed by atoms with Crippen LogP contribution < -0.4 is 0 Å². The number of carbonyl (C=O) groups is 1. The minimum atomic E-state index is -4.50. The molecule has 0 amide bonds. The van der Waals surface area contributed by atoms with E-state index in [1.54, 1.807) is 11.0 Å². The number of carboxylic acid groups (broad SMARTS) is 1. The van der Waals surface area contributed by atoms with Crippen LogP contribution in [-0.2, 0) is 11.0 Å². The molecule has 3 rings (SSSR count). The maximum Gasteiger partial charge on any atom is 0.416 e. The lowest BCUT2D eigenvalue weighted by Gasteiger charge is -2.46. The third-order valence-electron chi connectivity index (χ3n) is 7.83. The van der Waals surface area contributed by atoms with E-state index in [-0.39, 0.29) is 24.8 Å². The SMILES string of the molecule is CC(C)CCN1[C@@H](C2C=C([C@H](CC(C)C)C(=O)O)C=C(c3ccc(C(F)(F)F)cc3)C2)CCC[C@H]1C(F)(F)F. The molecule has 0 spiro atoms. The predicted octanol–water partition coefficient (Wildman–Crippen LogP) is 8.61. The standard InChI is InChI=1S/C30H39F6NO2/c1-18(2)12-13-37-26(6-5-7-27(37)30(34,35)36)23-16-21(20-8-10-24(11-9-20)29(31,32)33)15-22(17-23)25(28(38)39)14-19(3)4/h8-11,15,17-19,23,25-27H,5-7,12-14,16H2,1-4H3,(H,38,39)/t23?,25-,26+,27-/m0/s1. The number of benzene rings is 1. The van der Waals surface area contributed by atoms with E-state index in [2.05, 4.69) is 0 Å². The summed E-state index contributed by atoms with van der Waals surface area (Å²) in [5, 5.41) is 10.0. The number of rotatable bonds is 9. The van der Waals surface area contributed by atoms with Crippen LogP contribution in [0, 0.1) is 23.7 Å². The van der Waals surface area contributed by atoms with Gasteiger partial charge in [0.25, 0.3) is 0 Å². The summed E-state index contributed by atoms with van der Waals surface area (Å²) in [4.78, 5) is 13.9. The Kier molecular flexibility index (Phi) is 10.00. The molecule has 1 aliphatic heterocycles. The van der Waals surface area contributed by atoms with Crippen molar-refractivity contribution in [2.75, 3.05) is 6.54 Å². The van der Waals surface area contributed by atoms with Crippen molar-refractivity contribution >= 4 is 11.5 Å². The first-order valence-corrected chi connectivity index (χ1v) is 13.7. The van der Waals surface area contributed by atoms with Gasteiger partial charge in [0.1, 0.15) is 6.04 Å². The fraction of sp³-hybridized carbons (Fsp3) is 0.633. The molecule has 3 nitrogen and oxygen atoms in total. The van der Waals surface area contributed by atoms with E-state index in [1.165, 1.54) is 12.1 Å². The Morgan fingerprint density at radius 3 is 2.15 bits per heavy atom. The summed E-state index contributed by atoms with van der Waals surface area (Å²) in [5.74, 6) is -2.00. The molecular formula is C30H39F6NO2. The lowest BCUT2D eigenvalue weighted by Crippen LogP contribution is -2.56. The second kappa shape index (κ2) is 12.5. The monoisotopic (exact) mass is 559 g/mol. The fourth-order valence-electron chi connectivity index (χ4n) is 5.88. The number of likely N-dealkylation sites (tertiary alicyclic amines) is 1. The predicted molar refractivity (Wildman–Crippen MR) is 140 cm³/mol. The molecule has 1 saturated heterocycles. The van der Waals surface area contributed by atoms with Crippen molar-refractivity contribution in [1.82, 2.24) is 4.90 Å². The number of halogens is 6. The summed E-state index contributed by atoms with van der Waals surface area (Å²) in [6, 6.07) is 2.68. The zero-order chi connectivity index (χ0) is 29.1. The van der Waals surface area contributed by atoms with E-state index < -0.39 is 47.8 Å². The largest absolute Gasteiger partial charge is 0.481 e. The van der Waals surface area contributed by atoms with Crippen molar-refractivity contribution in [3.63, 3.8) is 0 Å².